The van der Waals surface area contributed by atoms with Gasteiger partial charge in [-0.05, 0) is 17.4 Å². The maximum atomic E-state index is 10.4. The van der Waals surface area contributed by atoms with E-state index in [4.69, 9.17) is 0 Å². The molecular weight excluding hydrogens is 228 g/mol. The van der Waals surface area contributed by atoms with Gasteiger partial charge in [-0.2, -0.15) is 11.8 Å². The van der Waals surface area contributed by atoms with Crippen LogP contribution in [-0.2, 0) is 0 Å². The van der Waals surface area contributed by atoms with Gasteiger partial charge in [-0.1, -0.05) is 60.7 Å². The second kappa shape index (κ2) is 5.89. The van der Waals surface area contributed by atoms with Gasteiger partial charge in [0.2, 0.25) is 0 Å². The Balaban J connectivity index is 2.25. The average molecular weight is 244 g/mol. The van der Waals surface area contributed by atoms with Crippen molar-refractivity contribution in [3.05, 3.63) is 71.8 Å². The van der Waals surface area contributed by atoms with Crippen molar-refractivity contribution >= 4 is 11.8 Å². The molecule has 0 aliphatic rings. The third-order valence-corrected chi connectivity index (χ3v) is 3.85. The van der Waals surface area contributed by atoms with Crippen molar-refractivity contribution in [2.24, 2.45) is 0 Å². The zero-order chi connectivity index (χ0) is 12.1. The number of thioether (sulfide) groups is 1. The lowest BCUT2D eigenvalue weighted by atomic mass is 10.0. The summed E-state index contributed by atoms with van der Waals surface area (Å²) >= 11 is 1.68. The quantitative estimate of drug-likeness (QED) is 0.882. The fraction of sp³-hybridized carbons (Fsp3) is 0.200. The van der Waals surface area contributed by atoms with E-state index in [1.807, 2.05) is 54.8 Å². The summed E-state index contributed by atoms with van der Waals surface area (Å²) in [5.41, 5.74) is 2.13. The molecule has 2 unspecified atom stereocenters. The summed E-state index contributed by atoms with van der Waals surface area (Å²) in [6, 6.07) is 20.0. The van der Waals surface area contributed by atoms with Crippen LogP contribution in [0, 0.1) is 0 Å². The van der Waals surface area contributed by atoms with Crippen LogP contribution < -0.4 is 0 Å². The molecule has 2 aromatic carbocycles. The smallest absolute Gasteiger partial charge is 0.0949 e. The molecule has 0 saturated carbocycles. The fourth-order valence-electron chi connectivity index (χ4n) is 1.91. The van der Waals surface area contributed by atoms with E-state index in [0.29, 0.717) is 0 Å². The van der Waals surface area contributed by atoms with E-state index in [0.717, 1.165) is 11.1 Å². The number of hydrogen-bond donors (Lipinski definition) is 1. The summed E-state index contributed by atoms with van der Waals surface area (Å²) in [5, 5.41) is 10.5. The van der Waals surface area contributed by atoms with Crippen molar-refractivity contribution in [3.8, 4) is 0 Å². The summed E-state index contributed by atoms with van der Waals surface area (Å²) < 4.78 is 0. The monoisotopic (exact) mass is 244 g/mol. The van der Waals surface area contributed by atoms with E-state index >= 15 is 0 Å². The summed E-state index contributed by atoms with van der Waals surface area (Å²) in [4.78, 5) is 0. The van der Waals surface area contributed by atoms with E-state index in [1.165, 1.54) is 0 Å². The minimum atomic E-state index is -0.464. The number of hydrogen-bond acceptors (Lipinski definition) is 2. The highest BCUT2D eigenvalue weighted by atomic mass is 32.2. The Morgan fingerprint density at radius 1 is 0.824 bits per heavy atom. The Hall–Kier alpha value is -1.25. The van der Waals surface area contributed by atoms with Crippen molar-refractivity contribution < 1.29 is 5.11 Å². The molecule has 2 aromatic rings. The lowest BCUT2D eigenvalue weighted by Gasteiger charge is -2.21. The van der Waals surface area contributed by atoms with Crippen molar-refractivity contribution in [1.29, 1.82) is 0 Å². The summed E-state index contributed by atoms with van der Waals surface area (Å²) in [5.74, 6) is 0. The molecule has 0 aliphatic heterocycles. The molecule has 1 N–H and O–H groups in total. The number of aliphatic hydroxyl groups excluding tert-OH is 1. The molecule has 17 heavy (non-hydrogen) atoms. The van der Waals surface area contributed by atoms with Crippen LogP contribution in [0.5, 0.6) is 0 Å². The summed E-state index contributed by atoms with van der Waals surface area (Å²) in [7, 11) is 0. The highest BCUT2D eigenvalue weighted by molar-refractivity contribution is 7.98. The van der Waals surface area contributed by atoms with E-state index < -0.39 is 6.10 Å². The zero-order valence-electron chi connectivity index (χ0n) is 9.78. The Labute approximate surface area is 107 Å². The van der Waals surface area contributed by atoms with Crippen molar-refractivity contribution in [2.75, 3.05) is 6.26 Å². The lowest BCUT2D eigenvalue weighted by molar-refractivity contribution is 0.175. The number of rotatable bonds is 4. The second-order valence-corrected chi connectivity index (χ2v) is 4.90. The molecule has 1 nitrogen and oxygen atoms in total. The van der Waals surface area contributed by atoms with Gasteiger partial charge in [-0.15, -0.1) is 0 Å². The largest absolute Gasteiger partial charge is 0.387 e. The van der Waals surface area contributed by atoms with E-state index in [9.17, 15) is 5.11 Å². The van der Waals surface area contributed by atoms with Gasteiger partial charge in [-0.25, -0.2) is 0 Å². The first-order valence-electron chi connectivity index (χ1n) is 5.63. The van der Waals surface area contributed by atoms with Crippen LogP contribution >= 0.6 is 11.8 Å². The SMILES string of the molecule is CSC(c1ccccc1)C(O)c1ccccc1. The maximum absolute atomic E-state index is 10.4. The number of benzene rings is 2. The predicted molar refractivity (Wildman–Crippen MR) is 74.1 cm³/mol. The average Bonchev–Trinajstić information content (AvgIpc) is 2.42. The molecule has 0 radical (unpaired) electrons. The lowest BCUT2D eigenvalue weighted by Crippen LogP contribution is -2.07. The fourth-order valence-corrected chi connectivity index (χ4v) is 2.76. The van der Waals surface area contributed by atoms with Crippen LogP contribution in [0.25, 0.3) is 0 Å². The zero-order valence-corrected chi connectivity index (χ0v) is 10.6. The Bertz CT molecular complexity index is 441. The molecule has 0 spiro atoms. The first-order chi connectivity index (χ1) is 8.33. The normalized spacial score (nSPS) is 14.2. The topological polar surface area (TPSA) is 20.2 Å². The Morgan fingerprint density at radius 3 is 1.76 bits per heavy atom. The van der Waals surface area contributed by atoms with Gasteiger partial charge in [0.1, 0.15) is 0 Å². The minimum Gasteiger partial charge on any atom is -0.387 e. The molecule has 2 atom stereocenters. The molecule has 2 heteroatoms. The first-order valence-corrected chi connectivity index (χ1v) is 6.92. The minimum absolute atomic E-state index is 0.0820. The van der Waals surface area contributed by atoms with Gasteiger partial charge in [0, 0.05) is 0 Å². The third-order valence-electron chi connectivity index (χ3n) is 2.81. The van der Waals surface area contributed by atoms with E-state index in [2.05, 4.69) is 12.1 Å². The second-order valence-electron chi connectivity index (χ2n) is 3.92. The molecule has 0 aromatic heterocycles. The van der Waals surface area contributed by atoms with Gasteiger partial charge in [0.15, 0.2) is 0 Å². The van der Waals surface area contributed by atoms with Crippen LogP contribution in [0.3, 0.4) is 0 Å². The van der Waals surface area contributed by atoms with E-state index in [1.54, 1.807) is 11.8 Å². The summed E-state index contributed by atoms with van der Waals surface area (Å²) in [6.07, 6.45) is 1.57. The first kappa shape index (κ1) is 12.2. The summed E-state index contributed by atoms with van der Waals surface area (Å²) in [6.45, 7) is 0. The molecule has 2 rings (SSSR count). The molecular formula is C15H16OS. The van der Waals surface area contributed by atoms with Crippen LogP contribution in [0.15, 0.2) is 60.7 Å². The molecule has 0 aliphatic carbocycles. The van der Waals surface area contributed by atoms with Crippen molar-refractivity contribution in [3.63, 3.8) is 0 Å². The highest BCUT2D eigenvalue weighted by Crippen LogP contribution is 2.38. The molecule has 0 saturated heterocycles. The van der Waals surface area contributed by atoms with Gasteiger partial charge >= 0.3 is 0 Å². The molecule has 0 amide bonds. The van der Waals surface area contributed by atoms with Crippen molar-refractivity contribution in [1.82, 2.24) is 0 Å². The maximum Gasteiger partial charge on any atom is 0.0949 e. The van der Waals surface area contributed by atoms with E-state index in [-0.39, 0.29) is 5.25 Å². The predicted octanol–water partition coefficient (Wildman–Crippen LogP) is 3.82. The highest BCUT2D eigenvalue weighted by Gasteiger charge is 2.21. The van der Waals surface area contributed by atoms with Gasteiger partial charge < -0.3 is 5.11 Å². The molecule has 88 valence electrons. The number of aliphatic hydroxyl groups is 1. The van der Waals surface area contributed by atoms with Crippen molar-refractivity contribution in [2.45, 2.75) is 11.4 Å². The Kier molecular flexibility index (Phi) is 4.24. The van der Waals surface area contributed by atoms with Crippen LogP contribution in [-0.4, -0.2) is 11.4 Å². The Morgan fingerprint density at radius 2 is 1.29 bits per heavy atom. The van der Waals surface area contributed by atoms with Gasteiger partial charge in [0.05, 0.1) is 11.4 Å². The standard InChI is InChI=1S/C15H16OS/c1-17-15(13-10-6-3-7-11-13)14(16)12-8-4-2-5-9-12/h2-11,14-16H,1H3. The van der Waals surface area contributed by atoms with Crippen LogP contribution in [0.4, 0.5) is 0 Å². The molecule has 0 heterocycles. The third kappa shape index (κ3) is 2.90. The molecule has 0 fully saturated rings. The molecule has 0 bridgehead atoms. The van der Waals surface area contributed by atoms with Crippen LogP contribution in [0.1, 0.15) is 22.5 Å². The van der Waals surface area contributed by atoms with Gasteiger partial charge in [0.25, 0.3) is 0 Å². The van der Waals surface area contributed by atoms with Crippen LogP contribution in [0.2, 0.25) is 0 Å². The van der Waals surface area contributed by atoms with Gasteiger partial charge in [-0.3, -0.25) is 0 Å².